The average molecular weight is 346 g/mol. The van der Waals surface area contributed by atoms with Gasteiger partial charge in [0.05, 0.1) is 12.7 Å². The number of halogens is 1. The Kier molecular flexibility index (Phi) is 5.30. The lowest BCUT2D eigenvalue weighted by molar-refractivity contribution is 0.0599. The molecule has 0 saturated heterocycles. The first-order valence-electron chi connectivity index (χ1n) is 7.99. The highest BCUT2D eigenvalue weighted by Gasteiger charge is 2.25. The summed E-state index contributed by atoms with van der Waals surface area (Å²) in [6.07, 6.45) is 0. The zero-order chi connectivity index (χ0) is 18.8. The summed E-state index contributed by atoms with van der Waals surface area (Å²) in [4.78, 5) is 27.3. The number of aromatic nitrogens is 1. The molecule has 0 spiro atoms. The number of benzene rings is 1. The lowest BCUT2D eigenvalue weighted by Gasteiger charge is -2.25. The summed E-state index contributed by atoms with van der Waals surface area (Å²) < 4.78 is 18.2. The molecule has 6 heteroatoms. The van der Waals surface area contributed by atoms with E-state index in [0.717, 1.165) is 5.56 Å². The van der Waals surface area contributed by atoms with E-state index >= 15 is 0 Å². The van der Waals surface area contributed by atoms with Crippen LogP contribution in [0.1, 0.15) is 51.5 Å². The van der Waals surface area contributed by atoms with Gasteiger partial charge < -0.3 is 15.0 Å². The van der Waals surface area contributed by atoms with Gasteiger partial charge in [-0.3, -0.25) is 4.79 Å². The van der Waals surface area contributed by atoms with Gasteiger partial charge >= 0.3 is 5.97 Å². The molecule has 0 fully saturated rings. The number of esters is 1. The molecule has 0 aliphatic rings. The molecule has 0 unspecified atom stereocenters. The van der Waals surface area contributed by atoms with Gasteiger partial charge in [-0.2, -0.15) is 0 Å². The maximum absolute atomic E-state index is 13.4. The molecule has 1 heterocycles. The highest BCUT2D eigenvalue weighted by molar-refractivity contribution is 6.00. The second-order valence-corrected chi connectivity index (χ2v) is 6.69. The topological polar surface area (TPSA) is 71.2 Å². The average Bonchev–Trinajstić information content (AvgIpc) is 2.87. The highest BCUT2D eigenvalue weighted by atomic mass is 19.1. The fraction of sp³-hybridized carbons (Fsp3) is 0.368. The second kappa shape index (κ2) is 7.09. The van der Waals surface area contributed by atoms with E-state index in [1.807, 2.05) is 19.9 Å². The van der Waals surface area contributed by atoms with Crippen LogP contribution in [0.4, 0.5) is 4.39 Å². The van der Waals surface area contributed by atoms with Crippen molar-refractivity contribution in [3.05, 3.63) is 58.2 Å². The maximum atomic E-state index is 13.4. The molecule has 0 saturated carbocycles. The van der Waals surface area contributed by atoms with E-state index in [2.05, 4.69) is 10.3 Å². The van der Waals surface area contributed by atoms with Gasteiger partial charge in [-0.05, 0) is 37.1 Å². The number of H-pyrrole nitrogens is 1. The van der Waals surface area contributed by atoms with Crippen LogP contribution in [0.3, 0.4) is 0 Å². The molecule has 0 aliphatic carbocycles. The SMILES string of the molecule is COC(=O)c1c(C)[nH]c(C(=O)NCC(C)(C)c2cccc(F)c2)c1C. The number of aryl methyl sites for hydroxylation is 1. The number of hydrogen-bond acceptors (Lipinski definition) is 3. The molecular formula is C19H23FN2O3. The summed E-state index contributed by atoms with van der Waals surface area (Å²) in [5.41, 5.74) is 2.18. The van der Waals surface area contributed by atoms with Gasteiger partial charge in [0.1, 0.15) is 11.5 Å². The van der Waals surface area contributed by atoms with Crippen molar-refractivity contribution in [1.29, 1.82) is 0 Å². The van der Waals surface area contributed by atoms with Crippen molar-refractivity contribution in [3.8, 4) is 0 Å². The summed E-state index contributed by atoms with van der Waals surface area (Å²) in [5.74, 6) is -1.11. The second-order valence-electron chi connectivity index (χ2n) is 6.69. The molecule has 0 atom stereocenters. The molecule has 0 bridgehead atoms. The lowest BCUT2D eigenvalue weighted by atomic mass is 9.84. The zero-order valence-corrected chi connectivity index (χ0v) is 15.1. The predicted octanol–water partition coefficient (Wildman–Crippen LogP) is 3.26. The first-order valence-corrected chi connectivity index (χ1v) is 7.99. The number of nitrogens with one attached hydrogen (secondary N) is 2. The number of aromatic amines is 1. The van der Waals surface area contributed by atoms with Crippen molar-refractivity contribution >= 4 is 11.9 Å². The molecule has 1 aromatic carbocycles. The zero-order valence-electron chi connectivity index (χ0n) is 15.1. The van der Waals surface area contributed by atoms with Gasteiger partial charge in [0.2, 0.25) is 0 Å². The van der Waals surface area contributed by atoms with Crippen LogP contribution in [0.5, 0.6) is 0 Å². The first-order chi connectivity index (χ1) is 11.7. The largest absolute Gasteiger partial charge is 0.465 e. The van der Waals surface area contributed by atoms with Gasteiger partial charge in [-0.25, -0.2) is 9.18 Å². The quantitative estimate of drug-likeness (QED) is 0.816. The van der Waals surface area contributed by atoms with E-state index in [-0.39, 0.29) is 11.7 Å². The molecular weight excluding hydrogens is 323 g/mol. The molecule has 1 aromatic heterocycles. The Labute approximate surface area is 146 Å². The Morgan fingerprint density at radius 2 is 1.96 bits per heavy atom. The van der Waals surface area contributed by atoms with E-state index in [4.69, 9.17) is 4.74 Å². The fourth-order valence-electron chi connectivity index (χ4n) is 2.79. The first kappa shape index (κ1) is 18.7. The standard InChI is InChI=1S/C19H23FN2O3/c1-11-15(18(24)25-5)12(2)22-16(11)17(23)21-10-19(3,4)13-7-6-8-14(20)9-13/h6-9,22H,10H2,1-5H3,(H,21,23). The molecule has 25 heavy (non-hydrogen) atoms. The Bertz CT molecular complexity index is 809. The Balaban J connectivity index is 2.17. The lowest BCUT2D eigenvalue weighted by Crippen LogP contribution is -2.37. The third-order valence-electron chi connectivity index (χ3n) is 4.35. The van der Waals surface area contributed by atoms with Crippen LogP contribution < -0.4 is 5.32 Å². The van der Waals surface area contributed by atoms with Gasteiger partial charge in [-0.15, -0.1) is 0 Å². The fourth-order valence-corrected chi connectivity index (χ4v) is 2.79. The van der Waals surface area contributed by atoms with Crippen LogP contribution in [-0.2, 0) is 10.2 Å². The summed E-state index contributed by atoms with van der Waals surface area (Å²) in [6, 6.07) is 6.33. The van der Waals surface area contributed by atoms with E-state index in [0.29, 0.717) is 29.1 Å². The number of amides is 1. The van der Waals surface area contributed by atoms with Crippen molar-refractivity contribution < 1.29 is 18.7 Å². The van der Waals surface area contributed by atoms with Gasteiger partial charge in [0.15, 0.2) is 0 Å². The van der Waals surface area contributed by atoms with E-state index < -0.39 is 11.4 Å². The van der Waals surface area contributed by atoms with Crippen LogP contribution >= 0.6 is 0 Å². The van der Waals surface area contributed by atoms with E-state index in [1.54, 1.807) is 19.9 Å². The minimum absolute atomic E-state index is 0.310. The smallest absolute Gasteiger partial charge is 0.339 e. The monoisotopic (exact) mass is 346 g/mol. The molecule has 0 aliphatic heterocycles. The number of ether oxygens (including phenoxy) is 1. The Morgan fingerprint density at radius 3 is 2.56 bits per heavy atom. The molecule has 2 N–H and O–H groups in total. The summed E-state index contributed by atoms with van der Waals surface area (Å²) in [7, 11) is 1.30. The molecule has 0 radical (unpaired) electrons. The van der Waals surface area contributed by atoms with Crippen LogP contribution in [0, 0.1) is 19.7 Å². The van der Waals surface area contributed by atoms with Crippen molar-refractivity contribution in [1.82, 2.24) is 10.3 Å². The number of carbonyl (C=O) groups is 2. The minimum Gasteiger partial charge on any atom is -0.465 e. The molecule has 1 amide bonds. The third kappa shape index (κ3) is 3.90. The summed E-state index contributed by atoms with van der Waals surface area (Å²) in [6.45, 7) is 7.58. The van der Waals surface area contributed by atoms with Crippen LogP contribution in [0.2, 0.25) is 0 Å². The van der Waals surface area contributed by atoms with Gasteiger partial charge in [0, 0.05) is 17.7 Å². The normalized spacial score (nSPS) is 11.3. The molecule has 134 valence electrons. The van der Waals surface area contributed by atoms with Gasteiger partial charge in [-0.1, -0.05) is 26.0 Å². The number of carbonyl (C=O) groups excluding carboxylic acids is 2. The number of methoxy groups -OCH3 is 1. The van der Waals surface area contributed by atoms with Crippen LogP contribution in [0.15, 0.2) is 24.3 Å². The summed E-state index contributed by atoms with van der Waals surface area (Å²) >= 11 is 0. The Morgan fingerprint density at radius 1 is 1.28 bits per heavy atom. The van der Waals surface area contributed by atoms with Crippen molar-refractivity contribution in [2.45, 2.75) is 33.1 Å². The highest BCUT2D eigenvalue weighted by Crippen LogP contribution is 2.24. The number of hydrogen-bond donors (Lipinski definition) is 2. The van der Waals surface area contributed by atoms with Crippen LogP contribution in [-0.4, -0.2) is 30.5 Å². The van der Waals surface area contributed by atoms with Crippen molar-refractivity contribution in [2.24, 2.45) is 0 Å². The van der Waals surface area contributed by atoms with Crippen molar-refractivity contribution in [3.63, 3.8) is 0 Å². The maximum Gasteiger partial charge on any atom is 0.339 e. The molecule has 5 nitrogen and oxygen atoms in total. The Hall–Kier alpha value is -2.63. The van der Waals surface area contributed by atoms with E-state index in [1.165, 1.54) is 19.2 Å². The summed E-state index contributed by atoms with van der Waals surface area (Å²) in [5, 5.41) is 2.85. The van der Waals surface area contributed by atoms with Crippen LogP contribution in [0.25, 0.3) is 0 Å². The predicted molar refractivity (Wildman–Crippen MR) is 93.4 cm³/mol. The van der Waals surface area contributed by atoms with Gasteiger partial charge in [0.25, 0.3) is 5.91 Å². The minimum atomic E-state index is -0.481. The third-order valence-corrected chi connectivity index (χ3v) is 4.35. The van der Waals surface area contributed by atoms with Crippen molar-refractivity contribution in [2.75, 3.05) is 13.7 Å². The molecule has 2 aromatic rings. The number of rotatable bonds is 5. The molecule has 2 rings (SSSR count). The van der Waals surface area contributed by atoms with E-state index in [9.17, 15) is 14.0 Å².